The molecular formula is C12H23N2. The van der Waals surface area contributed by atoms with Gasteiger partial charge in [-0.15, -0.1) is 0 Å². The molecule has 0 aliphatic carbocycles. The van der Waals surface area contributed by atoms with Gasteiger partial charge in [0.15, 0.2) is 0 Å². The Morgan fingerprint density at radius 3 is 2.43 bits per heavy atom. The van der Waals surface area contributed by atoms with Crippen molar-refractivity contribution in [3.8, 4) is 0 Å². The highest BCUT2D eigenvalue weighted by Crippen LogP contribution is 2.20. The largest absolute Gasteiger partial charge is 0.314 e. The molecule has 2 rings (SSSR count). The summed E-state index contributed by atoms with van der Waals surface area (Å²) >= 11 is 0. The van der Waals surface area contributed by atoms with Gasteiger partial charge < -0.3 is 10.2 Å². The monoisotopic (exact) mass is 195 g/mol. The maximum absolute atomic E-state index is 4.00. The van der Waals surface area contributed by atoms with Crippen molar-refractivity contribution in [1.82, 2.24) is 10.2 Å². The van der Waals surface area contributed by atoms with Crippen molar-refractivity contribution in [2.24, 2.45) is 5.92 Å². The second-order valence-corrected chi connectivity index (χ2v) is 4.80. The lowest BCUT2D eigenvalue weighted by Crippen LogP contribution is -2.45. The van der Waals surface area contributed by atoms with Gasteiger partial charge in [0, 0.05) is 6.04 Å². The van der Waals surface area contributed by atoms with Gasteiger partial charge in [-0.3, -0.25) is 0 Å². The number of rotatable bonds is 4. The van der Waals surface area contributed by atoms with Crippen LogP contribution >= 0.6 is 0 Å². The van der Waals surface area contributed by atoms with Gasteiger partial charge in [0.05, 0.1) is 0 Å². The van der Waals surface area contributed by atoms with Crippen molar-refractivity contribution in [1.29, 1.82) is 0 Å². The number of piperidine rings is 1. The van der Waals surface area contributed by atoms with E-state index < -0.39 is 0 Å². The molecule has 2 aliphatic rings. The normalized spacial score (nSPS) is 30.2. The molecule has 0 aromatic heterocycles. The molecule has 2 heterocycles. The van der Waals surface area contributed by atoms with E-state index in [0.717, 1.165) is 18.4 Å². The molecule has 1 N–H and O–H groups in total. The summed E-state index contributed by atoms with van der Waals surface area (Å²) < 4.78 is 0. The summed E-state index contributed by atoms with van der Waals surface area (Å²) in [5.41, 5.74) is 0. The Morgan fingerprint density at radius 1 is 1.21 bits per heavy atom. The minimum Gasteiger partial charge on any atom is -0.314 e. The molecule has 0 bridgehead atoms. The SMILES string of the molecule is [CH2]CC1CCN(CCC2CCN2)CC1. The van der Waals surface area contributed by atoms with Crippen LogP contribution in [0.4, 0.5) is 0 Å². The molecule has 81 valence electrons. The van der Waals surface area contributed by atoms with Crippen LogP contribution in [0.15, 0.2) is 0 Å². The molecule has 2 heteroatoms. The molecule has 0 amide bonds. The maximum Gasteiger partial charge on any atom is 0.00913 e. The highest BCUT2D eigenvalue weighted by Gasteiger charge is 2.20. The first-order chi connectivity index (χ1) is 6.88. The molecule has 1 atom stereocenters. The Kier molecular flexibility index (Phi) is 3.82. The molecule has 0 saturated carbocycles. The predicted molar refractivity (Wildman–Crippen MR) is 60.2 cm³/mol. The molecular weight excluding hydrogens is 172 g/mol. The third kappa shape index (κ3) is 2.71. The average molecular weight is 195 g/mol. The smallest absolute Gasteiger partial charge is 0.00913 e. The van der Waals surface area contributed by atoms with Gasteiger partial charge in [0.2, 0.25) is 0 Å². The van der Waals surface area contributed by atoms with Gasteiger partial charge in [0.25, 0.3) is 0 Å². The van der Waals surface area contributed by atoms with Crippen LogP contribution in [0.3, 0.4) is 0 Å². The average Bonchev–Trinajstić information content (AvgIpc) is 2.16. The highest BCUT2D eigenvalue weighted by molar-refractivity contribution is 4.80. The van der Waals surface area contributed by atoms with E-state index in [0.29, 0.717) is 0 Å². The van der Waals surface area contributed by atoms with Crippen LogP contribution in [0.2, 0.25) is 0 Å². The highest BCUT2D eigenvalue weighted by atomic mass is 15.1. The first kappa shape index (κ1) is 10.4. The number of nitrogens with zero attached hydrogens (tertiary/aromatic N) is 1. The summed E-state index contributed by atoms with van der Waals surface area (Å²) in [6, 6.07) is 0.834. The zero-order valence-electron chi connectivity index (χ0n) is 9.17. The number of hydrogen-bond acceptors (Lipinski definition) is 2. The Labute approximate surface area is 88.1 Å². The quantitative estimate of drug-likeness (QED) is 0.734. The topological polar surface area (TPSA) is 15.3 Å². The Hall–Kier alpha value is -0.0800. The zero-order valence-corrected chi connectivity index (χ0v) is 9.17. The summed E-state index contributed by atoms with van der Waals surface area (Å²) in [6.07, 6.45) is 6.64. The van der Waals surface area contributed by atoms with Gasteiger partial charge >= 0.3 is 0 Å². The van der Waals surface area contributed by atoms with Gasteiger partial charge in [0.1, 0.15) is 0 Å². The van der Waals surface area contributed by atoms with E-state index in [-0.39, 0.29) is 0 Å². The van der Waals surface area contributed by atoms with E-state index in [1.54, 1.807) is 0 Å². The molecule has 0 aromatic rings. The third-order valence-corrected chi connectivity index (χ3v) is 3.84. The van der Waals surface area contributed by atoms with Crippen molar-refractivity contribution in [3.63, 3.8) is 0 Å². The molecule has 2 fully saturated rings. The first-order valence-corrected chi connectivity index (χ1v) is 6.13. The molecule has 2 nitrogen and oxygen atoms in total. The summed E-state index contributed by atoms with van der Waals surface area (Å²) in [5, 5.41) is 3.47. The molecule has 0 spiro atoms. The minimum absolute atomic E-state index is 0.834. The Balaban J connectivity index is 1.58. The molecule has 1 radical (unpaired) electrons. The molecule has 2 aliphatic heterocycles. The van der Waals surface area contributed by atoms with E-state index in [2.05, 4.69) is 17.1 Å². The summed E-state index contributed by atoms with van der Waals surface area (Å²) in [5.74, 6) is 0.910. The van der Waals surface area contributed by atoms with E-state index in [9.17, 15) is 0 Å². The second-order valence-electron chi connectivity index (χ2n) is 4.80. The van der Waals surface area contributed by atoms with E-state index >= 15 is 0 Å². The fourth-order valence-electron chi connectivity index (χ4n) is 2.43. The van der Waals surface area contributed by atoms with E-state index in [4.69, 9.17) is 0 Å². The van der Waals surface area contributed by atoms with Gasteiger partial charge in [-0.05, 0) is 57.8 Å². The van der Waals surface area contributed by atoms with Crippen molar-refractivity contribution >= 4 is 0 Å². The maximum atomic E-state index is 4.00. The summed E-state index contributed by atoms with van der Waals surface area (Å²) in [4.78, 5) is 2.63. The fraction of sp³-hybridized carbons (Fsp3) is 0.917. The first-order valence-electron chi connectivity index (χ1n) is 6.13. The summed E-state index contributed by atoms with van der Waals surface area (Å²) in [6.45, 7) is 9.18. The molecule has 2 saturated heterocycles. The van der Waals surface area contributed by atoms with Crippen LogP contribution in [0.25, 0.3) is 0 Å². The number of nitrogens with one attached hydrogen (secondary N) is 1. The third-order valence-electron chi connectivity index (χ3n) is 3.84. The molecule has 0 aromatic carbocycles. The van der Waals surface area contributed by atoms with Crippen LogP contribution in [-0.4, -0.2) is 37.1 Å². The van der Waals surface area contributed by atoms with Crippen molar-refractivity contribution in [2.75, 3.05) is 26.2 Å². The fourth-order valence-corrected chi connectivity index (χ4v) is 2.43. The van der Waals surface area contributed by atoms with Gasteiger partial charge in [-0.2, -0.15) is 0 Å². The van der Waals surface area contributed by atoms with Crippen molar-refractivity contribution < 1.29 is 0 Å². The summed E-state index contributed by atoms with van der Waals surface area (Å²) in [7, 11) is 0. The van der Waals surface area contributed by atoms with Crippen LogP contribution in [0.1, 0.15) is 32.1 Å². The minimum atomic E-state index is 0.834. The van der Waals surface area contributed by atoms with Gasteiger partial charge in [-0.25, -0.2) is 0 Å². The number of likely N-dealkylation sites (tertiary alicyclic amines) is 1. The van der Waals surface area contributed by atoms with Crippen molar-refractivity contribution in [3.05, 3.63) is 6.92 Å². The van der Waals surface area contributed by atoms with Crippen LogP contribution in [0.5, 0.6) is 0 Å². The lowest BCUT2D eigenvalue weighted by molar-refractivity contribution is 0.170. The lowest BCUT2D eigenvalue weighted by Gasteiger charge is -2.34. The van der Waals surface area contributed by atoms with Gasteiger partial charge in [-0.1, -0.05) is 13.3 Å². The van der Waals surface area contributed by atoms with Crippen LogP contribution < -0.4 is 5.32 Å². The zero-order chi connectivity index (χ0) is 9.80. The van der Waals surface area contributed by atoms with E-state index in [1.165, 1.54) is 51.9 Å². The Bertz CT molecular complexity index is 158. The molecule has 1 unspecified atom stereocenters. The predicted octanol–water partition coefficient (Wildman–Crippen LogP) is 1.67. The van der Waals surface area contributed by atoms with Crippen molar-refractivity contribution in [2.45, 2.75) is 38.1 Å². The standard InChI is InChI=1S/C12H23N2/c1-2-11-4-8-14(9-5-11)10-6-12-3-7-13-12/h11-13H,1-10H2. The van der Waals surface area contributed by atoms with Crippen LogP contribution in [0, 0.1) is 12.8 Å². The second kappa shape index (κ2) is 5.13. The molecule has 14 heavy (non-hydrogen) atoms. The van der Waals surface area contributed by atoms with Crippen LogP contribution in [-0.2, 0) is 0 Å². The van der Waals surface area contributed by atoms with E-state index in [1.807, 2.05) is 0 Å². The number of hydrogen-bond donors (Lipinski definition) is 1. The lowest BCUT2D eigenvalue weighted by atomic mass is 9.94. The Morgan fingerprint density at radius 2 is 1.93 bits per heavy atom.